The molecule has 2 aromatic rings. The van der Waals surface area contributed by atoms with Crippen LogP contribution in [0.5, 0.6) is 0 Å². The van der Waals surface area contributed by atoms with Crippen LogP contribution in [0.3, 0.4) is 0 Å². The van der Waals surface area contributed by atoms with Crippen molar-refractivity contribution in [1.29, 1.82) is 0 Å². The van der Waals surface area contributed by atoms with Gasteiger partial charge in [-0.15, -0.1) is 22.7 Å². The first-order valence-electron chi connectivity index (χ1n) is 5.93. The van der Waals surface area contributed by atoms with Gasteiger partial charge in [0.1, 0.15) is 0 Å². The molecule has 1 atom stereocenters. The number of hydrogen-bond acceptors (Lipinski definition) is 4. The second kappa shape index (κ2) is 5.20. The Morgan fingerprint density at radius 3 is 2.80 bits per heavy atom. The first-order chi connectivity index (χ1) is 9.58. The van der Waals surface area contributed by atoms with E-state index < -0.39 is 12.0 Å². The number of nitrogens with zero attached hydrogens (tertiary/aromatic N) is 1. The zero-order chi connectivity index (χ0) is 14.3. The standard InChI is InChI=1S/C13H10ClNO3S2/c14-10-2-1-9(20-10)12(16)15-5-3-8-7(4-6-19-8)11(15)13(17)18/h1-2,4,6,11H,3,5H2,(H,17,18). The van der Waals surface area contributed by atoms with E-state index in [1.165, 1.54) is 16.2 Å². The summed E-state index contributed by atoms with van der Waals surface area (Å²) in [5, 5.41) is 11.3. The quantitative estimate of drug-likeness (QED) is 0.920. The number of aliphatic carboxylic acids is 1. The van der Waals surface area contributed by atoms with Crippen molar-refractivity contribution in [3.8, 4) is 0 Å². The topological polar surface area (TPSA) is 57.6 Å². The lowest BCUT2D eigenvalue weighted by Gasteiger charge is -2.32. The molecule has 1 aliphatic rings. The molecule has 0 aliphatic carbocycles. The van der Waals surface area contributed by atoms with Gasteiger partial charge in [-0.2, -0.15) is 0 Å². The molecule has 3 heterocycles. The van der Waals surface area contributed by atoms with Crippen LogP contribution in [-0.4, -0.2) is 28.4 Å². The normalized spacial score (nSPS) is 17.9. The van der Waals surface area contributed by atoms with Gasteiger partial charge in [0.25, 0.3) is 5.91 Å². The highest BCUT2D eigenvalue weighted by Gasteiger charge is 2.37. The fourth-order valence-electron chi connectivity index (χ4n) is 2.37. The van der Waals surface area contributed by atoms with Gasteiger partial charge in [-0.1, -0.05) is 11.6 Å². The number of carbonyl (C=O) groups is 2. The molecule has 3 rings (SSSR count). The van der Waals surface area contributed by atoms with Gasteiger partial charge in [0.2, 0.25) is 0 Å². The molecule has 20 heavy (non-hydrogen) atoms. The molecule has 7 heteroatoms. The number of rotatable bonds is 2. The Morgan fingerprint density at radius 1 is 1.35 bits per heavy atom. The number of thiophene rings is 2. The van der Waals surface area contributed by atoms with Crippen molar-refractivity contribution in [3.05, 3.63) is 43.2 Å². The van der Waals surface area contributed by atoms with Crippen LogP contribution in [0.25, 0.3) is 0 Å². The van der Waals surface area contributed by atoms with Crippen molar-refractivity contribution in [2.75, 3.05) is 6.54 Å². The molecule has 1 aliphatic heterocycles. The van der Waals surface area contributed by atoms with Crippen molar-refractivity contribution in [2.45, 2.75) is 12.5 Å². The minimum absolute atomic E-state index is 0.272. The van der Waals surface area contributed by atoms with Gasteiger partial charge < -0.3 is 10.0 Å². The third-order valence-electron chi connectivity index (χ3n) is 3.24. The van der Waals surface area contributed by atoms with E-state index >= 15 is 0 Å². The molecule has 104 valence electrons. The van der Waals surface area contributed by atoms with Crippen LogP contribution in [0.4, 0.5) is 0 Å². The molecular weight excluding hydrogens is 318 g/mol. The Morgan fingerprint density at radius 2 is 2.15 bits per heavy atom. The predicted octanol–water partition coefficient (Wildman–Crippen LogP) is 3.29. The fraction of sp³-hybridized carbons (Fsp3) is 0.231. The van der Waals surface area contributed by atoms with Gasteiger partial charge in [0.15, 0.2) is 6.04 Å². The van der Waals surface area contributed by atoms with Gasteiger partial charge in [-0.25, -0.2) is 4.79 Å². The second-order valence-electron chi connectivity index (χ2n) is 4.39. The van der Waals surface area contributed by atoms with Crippen molar-refractivity contribution in [1.82, 2.24) is 4.90 Å². The van der Waals surface area contributed by atoms with Crippen LogP contribution in [-0.2, 0) is 11.2 Å². The lowest BCUT2D eigenvalue weighted by Crippen LogP contribution is -2.42. The summed E-state index contributed by atoms with van der Waals surface area (Å²) in [5.41, 5.74) is 0.727. The van der Waals surface area contributed by atoms with E-state index in [4.69, 9.17) is 11.6 Å². The number of amides is 1. The van der Waals surface area contributed by atoms with Crippen molar-refractivity contribution in [3.63, 3.8) is 0 Å². The van der Waals surface area contributed by atoms with E-state index in [9.17, 15) is 14.7 Å². The summed E-state index contributed by atoms with van der Waals surface area (Å²) in [5.74, 6) is -1.27. The third kappa shape index (κ3) is 2.24. The Balaban J connectivity index is 1.97. The average molecular weight is 328 g/mol. The SMILES string of the molecule is O=C(O)C1c2ccsc2CCN1C(=O)c1ccc(Cl)s1. The van der Waals surface area contributed by atoms with E-state index in [0.717, 1.165) is 10.4 Å². The largest absolute Gasteiger partial charge is 0.479 e. The molecule has 2 aromatic heterocycles. The summed E-state index contributed by atoms with van der Waals surface area (Å²) in [6.45, 7) is 0.416. The lowest BCUT2D eigenvalue weighted by molar-refractivity contribution is -0.142. The summed E-state index contributed by atoms with van der Waals surface area (Å²) in [6.07, 6.45) is 0.696. The fourth-order valence-corrected chi connectivity index (χ4v) is 4.28. The highest BCUT2D eigenvalue weighted by molar-refractivity contribution is 7.18. The van der Waals surface area contributed by atoms with Crippen LogP contribution in [0.15, 0.2) is 23.6 Å². The minimum Gasteiger partial charge on any atom is -0.479 e. The Labute approximate surface area is 128 Å². The molecule has 0 saturated heterocycles. The van der Waals surface area contributed by atoms with E-state index in [-0.39, 0.29) is 5.91 Å². The summed E-state index contributed by atoms with van der Waals surface area (Å²) < 4.78 is 0.522. The van der Waals surface area contributed by atoms with E-state index in [0.29, 0.717) is 22.2 Å². The molecular formula is C13H10ClNO3S2. The van der Waals surface area contributed by atoms with Gasteiger partial charge in [-0.05, 0) is 35.6 Å². The number of carboxylic acids is 1. The van der Waals surface area contributed by atoms with Crippen LogP contribution < -0.4 is 0 Å². The first kappa shape index (κ1) is 13.6. The molecule has 4 nitrogen and oxygen atoms in total. The lowest BCUT2D eigenvalue weighted by atomic mass is 10.00. The minimum atomic E-state index is -1.000. The number of fused-ring (bicyclic) bond motifs is 1. The summed E-state index contributed by atoms with van der Waals surface area (Å²) in [4.78, 5) is 27.0. The number of carbonyl (C=O) groups excluding carboxylic acids is 1. The van der Waals surface area contributed by atoms with Crippen molar-refractivity contribution in [2.24, 2.45) is 0 Å². The maximum absolute atomic E-state index is 12.5. The van der Waals surface area contributed by atoms with Crippen molar-refractivity contribution < 1.29 is 14.7 Å². The highest BCUT2D eigenvalue weighted by atomic mass is 35.5. The number of halogens is 1. The summed E-state index contributed by atoms with van der Waals surface area (Å²) >= 11 is 8.55. The van der Waals surface area contributed by atoms with Gasteiger partial charge >= 0.3 is 5.97 Å². The Kier molecular flexibility index (Phi) is 3.54. The zero-order valence-electron chi connectivity index (χ0n) is 10.2. The van der Waals surface area contributed by atoms with Gasteiger partial charge in [-0.3, -0.25) is 4.79 Å². The first-order valence-corrected chi connectivity index (χ1v) is 8.00. The van der Waals surface area contributed by atoms with E-state index in [1.807, 2.05) is 5.38 Å². The van der Waals surface area contributed by atoms with E-state index in [2.05, 4.69) is 0 Å². The molecule has 1 N–H and O–H groups in total. The maximum atomic E-state index is 12.5. The van der Waals surface area contributed by atoms with Gasteiger partial charge in [0.05, 0.1) is 9.21 Å². The average Bonchev–Trinajstić information content (AvgIpc) is 3.04. The monoisotopic (exact) mass is 327 g/mol. The molecule has 0 aromatic carbocycles. The smallest absolute Gasteiger partial charge is 0.331 e. The molecule has 1 amide bonds. The molecule has 1 unspecified atom stereocenters. The molecule has 0 fully saturated rings. The summed E-state index contributed by atoms with van der Waals surface area (Å²) in [7, 11) is 0. The number of carboxylic acid groups (broad SMARTS) is 1. The van der Waals surface area contributed by atoms with Gasteiger partial charge in [0, 0.05) is 11.4 Å². The zero-order valence-corrected chi connectivity index (χ0v) is 12.6. The Bertz CT molecular complexity index is 679. The molecule has 0 bridgehead atoms. The summed E-state index contributed by atoms with van der Waals surface area (Å²) in [6, 6.07) is 4.17. The molecule has 0 saturated carbocycles. The van der Waals surface area contributed by atoms with Crippen molar-refractivity contribution >= 4 is 46.2 Å². The van der Waals surface area contributed by atoms with Crippen LogP contribution >= 0.6 is 34.3 Å². The van der Waals surface area contributed by atoms with E-state index in [1.54, 1.807) is 29.5 Å². The predicted molar refractivity (Wildman–Crippen MR) is 78.8 cm³/mol. The molecule has 0 spiro atoms. The van der Waals surface area contributed by atoms with Crippen LogP contribution in [0.2, 0.25) is 4.34 Å². The Hall–Kier alpha value is -1.37. The molecule has 0 radical (unpaired) electrons. The van der Waals surface area contributed by atoms with Crippen LogP contribution in [0.1, 0.15) is 26.2 Å². The highest BCUT2D eigenvalue weighted by Crippen LogP contribution is 2.35. The van der Waals surface area contributed by atoms with Crippen LogP contribution in [0, 0.1) is 0 Å². The number of hydrogen-bond donors (Lipinski definition) is 1. The third-order valence-corrected chi connectivity index (χ3v) is 5.46. The second-order valence-corrected chi connectivity index (χ2v) is 7.11. The maximum Gasteiger partial charge on any atom is 0.331 e.